The SMILES string of the molecule is C=CCN1CC(=O)N2[C@@H](Cc3ccc(OS(N)(=O)=O)cc3)C(=O)N(Cc3cccc(C(N)=O)c3)C[C@@H]2N1C(=O)CCc1ccccc1. The van der Waals surface area contributed by atoms with Crippen molar-refractivity contribution < 1.29 is 31.8 Å². The van der Waals surface area contributed by atoms with E-state index in [0.717, 1.165) is 5.56 Å². The van der Waals surface area contributed by atoms with Crippen LogP contribution in [0.15, 0.2) is 91.5 Å². The van der Waals surface area contributed by atoms with Crippen LogP contribution in [0.1, 0.15) is 33.5 Å². The third kappa shape index (κ3) is 8.03. The van der Waals surface area contributed by atoms with Gasteiger partial charge in [-0.2, -0.15) is 13.6 Å². The van der Waals surface area contributed by atoms with Crippen molar-refractivity contribution >= 4 is 33.9 Å². The van der Waals surface area contributed by atoms with Crippen LogP contribution in [0.5, 0.6) is 5.75 Å². The number of aryl methyl sites for hydroxylation is 1. The maximum Gasteiger partial charge on any atom is 0.380 e. The molecule has 0 aliphatic carbocycles. The molecule has 0 unspecified atom stereocenters. The van der Waals surface area contributed by atoms with E-state index in [9.17, 15) is 27.6 Å². The number of nitrogens with two attached hydrogens (primary N) is 2. The zero-order valence-corrected chi connectivity index (χ0v) is 26.4. The van der Waals surface area contributed by atoms with Gasteiger partial charge in [-0.1, -0.05) is 60.7 Å². The molecule has 246 valence electrons. The first-order valence-electron chi connectivity index (χ1n) is 14.9. The number of hydrazine groups is 1. The molecule has 13 nitrogen and oxygen atoms in total. The van der Waals surface area contributed by atoms with Crippen molar-refractivity contribution in [2.45, 2.75) is 38.0 Å². The van der Waals surface area contributed by atoms with E-state index in [0.29, 0.717) is 17.5 Å². The topological polar surface area (TPSA) is 177 Å². The van der Waals surface area contributed by atoms with Crippen LogP contribution in [-0.4, -0.2) is 83.7 Å². The van der Waals surface area contributed by atoms with Crippen molar-refractivity contribution in [2.75, 3.05) is 19.6 Å². The number of hydrogen-bond donors (Lipinski definition) is 2. The third-order valence-electron chi connectivity index (χ3n) is 8.05. The summed E-state index contributed by atoms with van der Waals surface area (Å²) in [5.74, 6) is -1.51. The van der Waals surface area contributed by atoms with E-state index >= 15 is 0 Å². The third-order valence-corrected chi connectivity index (χ3v) is 8.47. The van der Waals surface area contributed by atoms with Crippen molar-refractivity contribution in [3.05, 3.63) is 114 Å². The summed E-state index contributed by atoms with van der Waals surface area (Å²) in [6, 6.07) is 21.2. The summed E-state index contributed by atoms with van der Waals surface area (Å²) in [6.07, 6.45) is 1.51. The number of nitrogens with zero attached hydrogens (tertiary/aromatic N) is 4. The first kappa shape index (κ1) is 33.3. The Bertz CT molecular complexity index is 1770. The van der Waals surface area contributed by atoms with E-state index < -0.39 is 28.4 Å². The van der Waals surface area contributed by atoms with Gasteiger partial charge in [-0.3, -0.25) is 19.2 Å². The number of carbonyl (C=O) groups excluding carboxylic acids is 4. The Morgan fingerprint density at radius 2 is 1.66 bits per heavy atom. The van der Waals surface area contributed by atoms with E-state index in [4.69, 9.17) is 15.1 Å². The summed E-state index contributed by atoms with van der Waals surface area (Å²) in [6.45, 7) is 4.04. The molecule has 47 heavy (non-hydrogen) atoms. The lowest BCUT2D eigenvalue weighted by Gasteiger charge is -2.55. The van der Waals surface area contributed by atoms with Gasteiger partial charge in [-0.25, -0.2) is 10.0 Å². The van der Waals surface area contributed by atoms with Crippen LogP contribution in [0, 0.1) is 0 Å². The smallest absolute Gasteiger partial charge is 0.371 e. The number of benzene rings is 3. The number of fused-ring (bicyclic) bond motifs is 1. The number of piperazine rings is 1. The minimum absolute atomic E-state index is 0.00985. The predicted molar refractivity (Wildman–Crippen MR) is 172 cm³/mol. The van der Waals surface area contributed by atoms with Gasteiger partial charge in [0.25, 0.3) is 0 Å². The van der Waals surface area contributed by atoms with Gasteiger partial charge < -0.3 is 19.7 Å². The van der Waals surface area contributed by atoms with Crippen molar-refractivity contribution in [3.8, 4) is 5.75 Å². The molecule has 0 bridgehead atoms. The lowest BCUT2D eigenvalue weighted by molar-refractivity contribution is -0.205. The quantitative estimate of drug-likeness (QED) is 0.274. The van der Waals surface area contributed by atoms with E-state index in [2.05, 4.69) is 6.58 Å². The first-order chi connectivity index (χ1) is 22.4. The monoisotopic (exact) mass is 660 g/mol. The van der Waals surface area contributed by atoms with Crippen molar-refractivity contribution in [1.82, 2.24) is 19.8 Å². The molecule has 3 aromatic carbocycles. The summed E-state index contributed by atoms with van der Waals surface area (Å²) in [4.78, 5) is 56.9. The van der Waals surface area contributed by atoms with E-state index in [-0.39, 0.29) is 68.1 Å². The first-order valence-corrected chi connectivity index (χ1v) is 16.4. The Balaban J connectivity index is 1.50. The fourth-order valence-corrected chi connectivity index (χ4v) is 6.38. The number of rotatable bonds is 12. The molecule has 2 saturated heterocycles. The van der Waals surface area contributed by atoms with Gasteiger partial charge in [0.2, 0.25) is 23.6 Å². The average Bonchev–Trinajstić information content (AvgIpc) is 3.03. The maximum atomic E-state index is 14.2. The Labute approximate surface area is 273 Å². The lowest BCUT2D eigenvalue weighted by atomic mass is 9.97. The summed E-state index contributed by atoms with van der Waals surface area (Å²) in [7, 11) is -4.23. The maximum absolute atomic E-state index is 14.2. The molecule has 0 radical (unpaired) electrons. The minimum Gasteiger partial charge on any atom is -0.371 e. The summed E-state index contributed by atoms with van der Waals surface area (Å²) < 4.78 is 27.5. The fraction of sp³-hybridized carbons (Fsp3) is 0.273. The molecule has 2 atom stereocenters. The van der Waals surface area contributed by atoms with Crippen molar-refractivity contribution in [1.29, 1.82) is 0 Å². The molecule has 0 aromatic heterocycles. The molecule has 4 amide bonds. The molecule has 14 heteroatoms. The van der Waals surface area contributed by atoms with Gasteiger partial charge >= 0.3 is 10.3 Å². The molecular weight excluding hydrogens is 624 g/mol. The van der Waals surface area contributed by atoms with Crippen LogP contribution >= 0.6 is 0 Å². The largest absolute Gasteiger partial charge is 0.380 e. The zero-order chi connectivity index (χ0) is 33.7. The molecule has 0 spiro atoms. The zero-order valence-electron chi connectivity index (χ0n) is 25.6. The number of amides is 4. The molecule has 5 rings (SSSR count). The highest BCUT2D eigenvalue weighted by Crippen LogP contribution is 2.30. The van der Waals surface area contributed by atoms with Crippen LogP contribution in [0.4, 0.5) is 0 Å². The van der Waals surface area contributed by atoms with Gasteiger partial charge in [0.15, 0.2) is 0 Å². The molecule has 2 aliphatic rings. The Kier molecular flexibility index (Phi) is 10.0. The second-order valence-electron chi connectivity index (χ2n) is 11.4. The van der Waals surface area contributed by atoms with Crippen LogP contribution < -0.4 is 15.1 Å². The molecule has 3 aromatic rings. The fourth-order valence-electron chi connectivity index (χ4n) is 6.00. The van der Waals surface area contributed by atoms with E-state index in [1.165, 1.54) is 17.0 Å². The highest BCUT2D eigenvalue weighted by atomic mass is 32.2. The highest BCUT2D eigenvalue weighted by molar-refractivity contribution is 7.84. The second-order valence-corrected chi connectivity index (χ2v) is 12.5. The Hall–Kier alpha value is -5.05. The second kappa shape index (κ2) is 14.2. The summed E-state index contributed by atoms with van der Waals surface area (Å²) >= 11 is 0. The summed E-state index contributed by atoms with van der Waals surface area (Å²) in [5.41, 5.74) is 8.04. The Morgan fingerprint density at radius 3 is 2.32 bits per heavy atom. The predicted octanol–water partition coefficient (Wildman–Crippen LogP) is 1.35. The van der Waals surface area contributed by atoms with Gasteiger partial charge in [0.1, 0.15) is 18.0 Å². The van der Waals surface area contributed by atoms with Crippen LogP contribution in [-0.2, 0) is 44.1 Å². The number of primary amides is 1. The van der Waals surface area contributed by atoms with Gasteiger partial charge in [0.05, 0.1) is 13.1 Å². The molecule has 2 heterocycles. The standard InChI is InChI=1S/C33H36N6O7S/c1-2-17-37-22-31(41)38-28(19-24-11-14-27(15-12-24)46-47(35,44)45)33(43)36(20-25-9-6-10-26(18-25)32(34)42)21-29(38)39(37)30(40)16-13-23-7-4-3-5-8-23/h2-12,14-15,18,28-29H,1,13,16-17,19-22H2,(H2,34,42)(H2,35,44,45)/t28-,29-/m0/s1. The van der Waals surface area contributed by atoms with Crippen LogP contribution in [0.3, 0.4) is 0 Å². The van der Waals surface area contributed by atoms with E-state index in [1.807, 2.05) is 30.3 Å². The minimum atomic E-state index is -4.23. The van der Waals surface area contributed by atoms with Crippen molar-refractivity contribution in [2.24, 2.45) is 10.9 Å². The van der Waals surface area contributed by atoms with Gasteiger partial charge in [-0.05, 0) is 47.4 Å². The van der Waals surface area contributed by atoms with Gasteiger partial charge in [0, 0.05) is 31.5 Å². The highest BCUT2D eigenvalue weighted by Gasteiger charge is 2.51. The lowest BCUT2D eigenvalue weighted by Crippen LogP contribution is -2.75. The average molecular weight is 661 g/mol. The molecule has 2 fully saturated rings. The molecule has 0 saturated carbocycles. The molecular formula is C33H36N6O7S. The van der Waals surface area contributed by atoms with Crippen LogP contribution in [0.25, 0.3) is 0 Å². The van der Waals surface area contributed by atoms with Gasteiger partial charge in [-0.15, -0.1) is 6.58 Å². The number of hydrogen-bond acceptors (Lipinski definition) is 8. The summed E-state index contributed by atoms with van der Waals surface area (Å²) in [5, 5.41) is 8.20. The number of carbonyl (C=O) groups is 4. The van der Waals surface area contributed by atoms with Crippen LogP contribution in [0.2, 0.25) is 0 Å². The Morgan fingerprint density at radius 1 is 0.957 bits per heavy atom. The van der Waals surface area contributed by atoms with Crippen molar-refractivity contribution in [3.63, 3.8) is 0 Å². The molecule has 4 N–H and O–H groups in total. The molecule has 2 aliphatic heterocycles. The van der Waals surface area contributed by atoms with E-state index in [1.54, 1.807) is 57.4 Å². The normalized spacial score (nSPS) is 18.5.